The summed E-state index contributed by atoms with van der Waals surface area (Å²) in [4.78, 5) is 12.5. The summed E-state index contributed by atoms with van der Waals surface area (Å²) in [6.45, 7) is 11.6. The Morgan fingerprint density at radius 1 is 1.14 bits per heavy atom. The minimum Gasteiger partial charge on any atom is -0.459 e. The van der Waals surface area contributed by atoms with Crippen LogP contribution in [0.1, 0.15) is 53.0 Å². The molecule has 0 heterocycles. The predicted molar refractivity (Wildman–Crippen MR) is 87.0 cm³/mol. The van der Waals surface area contributed by atoms with Crippen molar-refractivity contribution in [2.45, 2.75) is 59.6 Å². The van der Waals surface area contributed by atoms with Gasteiger partial charge < -0.3 is 10.1 Å². The molecule has 0 spiro atoms. The van der Waals surface area contributed by atoms with Gasteiger partial charge >= 0.3 is 5.97 Å². The fourth-order valence-corrected chi connectivity index (χ4v) is 2.56. The van der Waals surface area contributed by atoms with Crippen LogP contribution < -0.4 is 5.32 Å². The highest BCUT2D eigenvalue weighted by Gasteiger charge is 2.38. The molecule has 1 atom stereocenters. The van der Waals surface area contributed by atoms with E-state index in [1.807, 2.05) is 44.2 Å². The number of nitrogens with one attached hydrogen (secondary N) is 1. The van der Waals surface area contributed by atoms with Crippen molar-refractivity contribution >= 4 is 5.97 Å². The third-order valence-corrected chi connectivity index (χ3v) is 4.02. The fraction of sp³-hybridized carbons (Fsp3) is 0.611. The van der Waals surface area contributed by atoms with Crippen LogP contribution in [-0.2, 0) is 16.1 Å². The zero-order valence-electron chi connectivity index (χ0n) is 14.0. The van der Waals surface area contributed by atoms with Gasteiger partial charge in [0.1, 0.15) is 12.1 Å². The quantitative estimate of drug-likeness (QED) is 0.738. The molecular weight excluding hydrogens is 262 g/mol. The number of likely N-dealkylation sites (N-methyl/N-ethyl adjacent to an activating group) is 1. The number of carbonyl (C=O) groups excluding carboxylic acids is 1. The van der Waals surface area contributed by atoms with Gasteiger partial charge in [0.25, 0.3) is 0 Å². The van der Waals surface area contributed by atoms with Gasteiger partial charge in [-0.15, -0.1) is 0 Å². The maximum Gasteiger partial charge on any atom is 0.326 e. The summed E-state index contributed by atoms with van der Waals surface area (Å²) in [7, 11) is 0. The Morgan fingerprint density at radius 2 is 1.76 bits per heavy atom. The van der Waals surface area contributed by atoms with Crippen molar-refractivity contribution in [3.05, 3.63) is 35.9 Å². The molecule has 0 aromatic heterocycles. The highest BCUT2D eigenvalue weighted by atomic mass is 16.5. The van der Waals surface area contributed by atoms with Gasteiger partial charge in [0, 0.05) is 0 Å². The molecule has 1 aromatic carbocycles. The molecule has 0 aliphatic heterocycles. The van der Waals surface area contributed by atoms with Crippen LogP contribution in [0.2, 0.25) is 0 Å². The van der Waals surface area contributed by atoms with Crippen LogP contribution >= 0.6 is 0 Å². The van der Waals surface area contributed by atoms with Crippen LogP contribution in [-0.4, -0.2) is 18.1 Å². The Morgan fingerprint density at radius 3 is 2.29 bits per heavy atom. The Bertz CT molecular complexity index is 442. The molecule has 1 unspecified atom stereocenters. The Balaban J connectivity index is 2.72. The van der Waals surface area contributed by atoms with Crippen LogP contribution in [0.25, 0.3) is 0 Å². The molecule has 118 valence electrons. The minimum atomic E-state index is -0.636. The molecule has 3 nitrogen and oxygen atoms in total. The summed E-state index contributed by atoms with van der Waals surface area (Å²) >= 11 is 0. The average Bonchev–Trinajstić information content (AvgIpc) is 2.45. The molecule has 0 saturated heterocycles. The van der Waals surface area contributed by atoms with E-state index in [-0.39, 0.29) is 11.4 Å². The van der Waals surface area contributed by atoms with Crippen LogP contribution in [0.5, 0.6) is 0 Å². The van der Waals surface area contributed by atoms with Crippen LogP contribution in [0.15, 0.2) is 30.3 Å². The van der Waals surface area contributed by atoms with Crippen molar-refractivity contribution in [3.63, 3.8) is 0 Å². The first-order valence-corrected chi connectivity index (χ1v) is 7.79. The van der Waals surface area contributed by atoms with Gasteiger partial charge in [-0.1, -0.05) is 64.4 Å². The summed E-state index contributed by atoms with van der Waals surface area (Å²) in [6, 6.07) is 9.79. The number of hydrogen-bond acceptors (Lipinski definition) is 3. The van der Waals surface area contributed by atoms with Gasteiger partial charge in [-0.2, -0.15) is 0 Å². The number of carbonyl (C=O) groups is 1. The fourth-order valence-electron chi connectivity index (χ4n) is 2.56. The van der Waals surface area contributed by atoms with Crippen molar-refractivity contribution in [2.75, 3.05) is 6.54 Å². The number of benzene rings is 1. The van der Waals surface area contributed by atoms with E-state index in [0.717, 1.165) is 24.9 Å². The lowest BCUT2D eigenvalue weighted by Gasteiger charge is -2.35. The molecule has 21 heavy (non-hydrogen) atoms. The van der Waals surface area contributed by atoms with Gasteiger partial charge in [0.2, 0.25) is 0 Å². The molecule has 0 amide bonds. The van der Waals surface area contributed by atoms with E-state index >= 15 is 0 Å². The van der Waals surface area contributed by atoms with Crippen molar-refractivity contribution in [1.82, 2.24) is 5.32 Å². The number of esters is 1. The van der Waals surface area contributed by atoms with Crippen molar-refractivity contribution in [1.29, 1.82) is 0 Å². The first-order chi connectivity index (χ1) is 9.83. The first kappa shape index (κ1) is 17.7. The van der Waals surface area contributed by atoms with E-state index in [0.29, 0.717) is 6.61 Å². The average molecular weight is 291 g/mol. The van der Waals surface area contributed by atoms with E-state index in [9.17, 15) is 4.79 Å². The van der Waals surface area contributed by atoms with Crippen molar-refractivity contribution < 1.29 is 9.53 Å². The zero-order chi connectivity index (χ0) is 15.9. The van der Waals surface area contributed by atoms with Crippen LogP contribution in [0, 0.1) is 5.41 Å². The predicted octanol–water partition coefficient (Wildman–Crippen LogP) is 3.92. The summed E-state index contributed by atoms with van der Waals surface area (Å²) < 4.78 is 5.53. The molecule has 0 aliphatic carbocycles. The van der Waals surface area contributed by atoms with E-state index in [4.69, 9.17) is 4.74 Å². The Kier molecular flexibility index (Phi) is 6.41. The molecule has 0 saturated carbocycles. The van der Waals surface area contributed by atoms with E-state index < -0.39 is 5.54 Å². The monoisotopic (exact) mass is 291 g/mol. The molecule has 0 fully saturated rings. The maximum atomic E-state index is 12.5. The van der Waals surface area contributed by atoms with Gasteiger partial charge in [-0.05, 0) is 30.9 Å². The van der Waals surface area contributed by atoms with E-state index in [1.165, 1.54) is 0 Å². The van der Waals surface area contributed by atoms with E-state index in [2.05, 4.69) is 26.1 Å². The van der Waals surface area contributed by atoms with Crippen LogP contribution in [0.4, 0.5) is 0 Å². The smallest absolute Gasteiger partial charge is 0.326 e. The number of rotatable bonds is 8. The lowest BCUT2D eigenvalue weighted by molar-refractivity contribution is -0.154. The second-order valence-electron chi connectivity index (χ2n) is 6.62. The molecule has 3 heteroatoms. The summed E-state index contributed by atoms with van der Waals surface area (Å²) in [5, 5.41) is 3.31. The highest BCUT2D eigenvalue weighted by Crippen LogP contribution is 2.32. The number of ether oxygens (including phenoxy) is 1. The van der Waals surface area contributed by atoms with Crippen molar-refractivity contribution in [3.8, 4) is 0 Å². The Hall–Kier alpha value is -1.35. The second kappa shape index (κ2) is 7.60. The van der Waals surface area contributed by atoms with E-state index in [1.54, 1.807) is 0 Å². The molecule has 0 aliphatic rings. The topological polar surface area (TPSA) is 38.3 Å². The second-order valence-corrected chi connectivity index (χ2v) is 6.62. The lowest BCUT2D eigenvalue weighted by Crippen LogP contribution is -2.52. The Labute approximate surface area is 129 Å². The lowest BCUT2D eigenvalue weighted by atomic mass is 9.77. The third-order valence-electron chi connectivity index (χ3n) is 4.02. The maximum absolute atomic E-state index is 12.5. The van der Waals surface area contributed by atoms with Crippen LogP contribution in [0.3, 0.4) is 0 Å². The zero-order valence-corrected chi connectivity index (χ0v) is 14.0. The SMILES string of the molecule is CCNC(C)(CC(C)(C)CC)C(=O)OCc1ccccc1. The molecule has 1 rings (SSSR count). The summed E-state index contributed by atoms with van der Waals surface area (Å²) in [5.41, 5.74) is 0.477. The molecule has 1 aromatic rings. The first-order valence-electron chi connectivity index (χ1n) is 7.79. The largest absolute Gasteiger partial charge is 0.459 e. The van der Waals surface area contributed by atoms with Gasteiger partial charge in [0.15, 0.2) is 0 Å². The van der Waals surface area contributed by atoms with Crippen molar-refractivity contribution in [2.24, 2.45) is 5.41 Å². The van der Waals surface area contributed by atoms with Gasteiger partial charge in [-0.25, -0.2) is 0 Å². The molecular formula is C18H29NO2. The molecule has 1 N–H and O–H groups in total. The summed E-state index contributed by atoms with van der Waals surface area (Å²) in [6.07, 6.45) is 1.79. The molecule has 0 radical (unpaired) electrons. The van der Waals surface area contributed by atoms with Gasteiger partial charge in [0.05, 0.1) is 0 Å². The minimum absolute atomic E-state index is 0.0999. The summed E-state index contributed by atoms with van der Waals surface area (Å²) in [5.74, 6) is -0.172. The number of hydrogen-bond donors (Lipinski definition) is 1. The standard InChI is InChI=1S/C18H29NO2/c1-6-17(3,4)14-18(5,19-7-2)16(20)21-13-15-11-9-8-10-12-15/h8-12,19H,6-7,13-14H2,1-5H3. The third kappa shape index (κ3) is 5.50. The normalized spacial score (nSPS) is 14.5. The highest BCUT2D eigenvalue weighted by molar-refractivity contribution is 5.80. The van der Waals surface area contributed by atoms with Gasteiger partial charge in [-0.3, -0.25) is 4.79 Å². The molecule has 0 bridgehead atoms.